The maximum atomic E-state index is 13.4. The van der Waals surface area contributed by atoms with Crippen LogP contribution in [0.5, 0.6) is 5.88 Å². The van der Waals surface area contributed by atoms with Gasteiger partial charge in [0.25, 0.3) is 5.91 Å². The van der Waals surface area contributed by atoms with E-state index in [1.54, 1.807) is 21.0 Å². The monoisotopic (exact) mass is 447 g/mol. The van der Waals surface area contributed by atoms with Crippen molar-refractivity contribution in [3.63, 3.8) is 0 Å². The molecule has 170 valence electrons. The molecule has 0 aliphatic carbocycles. The lowest BCUT2D eigenvalue weighted by molar-refractivity contribution is -0.131. The molecule has 0 aliphatic heterocycles. The summed E-state index contributed by atoms with van der Waals surface area (Å²) in [4.78, 5) is 18.8. The van der Waals surface area contributed by atoms with E-state index in [-0.39, 0.29) is 24.8 Å². The number of benzene rings is 2. The Labute approximate surface area is 193 Å². The standard InChI is InChI=1S/C26H26FN3O3/c1-26(2,33-24-14-11-22(27)17-29-24)25(31)30(16-4-15-28)23-12-9-21(10-13-23)20-7-5-19(6-8-20)18-32-3/h5-14,17H,4,16,18H2,1-3H3. The van der Waals surface area contributed by atoms with Crippen molar-refractivity contribution in [2.24, 2.45) is 0 Å². The minimum Gasteiger partial charge on any atom is -0.461 e. The fourth-order valence-corrected chi connectivity index (χ4v) is 3.36. The first kappa shape index (κ1) is 23.9. The highest BCUT2D eigenvalue weighted by Crippen LogP contribution is 2.27. The van der Waals surface area contributed by atoms with Gasteiger partial charge in [-0.15, -0.1) is 0 Å². The van der Waals surface area contributed by atoms with Crippen molar-refractivity contribution in [2.45, 2.75) is 32.5 Å². The van der Waals surface area contributed by atoms with Crippen LogP contribution < -0.4 is 9.64 Å². The lowest BCUT2D eigenvalue weighted by Gasteiger charge is -2.31. The quantitative estimate of drug-likeness (QED) is 0.454. The fraction of sp³-hybridized carbons (Fsp3) is 0.269. The van der Waals surface area contributed by atoms with Crippen molar-refractivity contribution >= 4 is 11.6 Å². The molecule has 1 amide bonds. The van der Waals surface area contributed by atoms with Gasteiger partial charge >= 0.3 is 0 Å². The van der Waals surface area contributed by atoms with Gasteiger partial charge < -0.3 is 14.4 Å². The largest absolute Gasteiger partial charge is 0.461 e. The number of methoxy groups -OCH3 is 1. The second-order valence-electron chi connectivity index (χ2n) is 7.97. The molecule has 7 heteroatoms. The molecule has 1 aromatic heterocycles. The molecule has 3 rings (SSSR count). The smallest absolute Gasteiger partial charge is 0.270 e. The number of hydrogen-bond donors (Lipinski definition) is 0. The number of amides is 1. The predicted molar refractivity (Wildman–Crippen MR) is 124 cm³/mol. The molecule has 0 unspecified atom stereocenters. The van der Waals surface area contributed by atoms with E-state index < -0.39 is 11.4 Å². The number of hydrogen-bond acceptors (Lipinski definition) is 5. The van der Waals surface area contributed by atoms with Gasteiger partial charge in [-0.25, -0.2) is 9.37 Å². The summed E-state index contributed by atoms with van der Waals surface area (Å²) in [5.74, 6) is -0.682. The number of rotatable bonds is 9. The zero-order valence-corrected chi connectivity index (χ0v) is 18.9. The zero-order chi connectivity index (χ0) is 23.8. The summed E-state index contributed by atoms with van der Waals surface area (Å²) < 4.78 is 24.1. The van der Waals surface area contributed by atoms with Crippen LogP contribution in [0.25, 0.3) is 11.1 Å². The molecular weight excluding hydrogens is 421 g/mol. The molecule has 0 radical (unpaired) electrons. The molecule has 2 aromatic carbocycles. The van der Waals surface area contributed by atoms with E-state index in [4.69, 9.17) is 14.7 Å². The van der Waals surface area contributed by atoms with Gasteiger partial charge in [-0.1, -0.05) is 36.4 Å². The van der Waals surface area contributed by atoms with Crippen LogP contribution in [0.4, 0.5) is 10.1 Å². The molecule has 0 atom stereocenters. The summed E-state index contributed by atoms with van der Waals surface area (Å²) in [6.07, 6.45) is 1.20. The Kier molecular flexibility index (Phi) is 7.75. The van der Waals surface area contributed by atoms with E-state index in [0.717, 1.165) is 22.9 Å². The Morgan fingerprint density at radius 3 is 2.24 bits per heavy atom. The van der Waals surface area contributed by atoms with Crippen LogP contribution in [-0.2, 0) is 16.1 Å². The second-order valence-corrected chi connectivity index (χ2v) is 7.97. The molecule has 6 nitrogen and oxygen atoms in total. The highest BCUT2D eigenvalue weighted by molar-refractivity contribution is 5.99. The number of nitriles is 1. The Balaban J connectivity index is 1.81. The molecule has 0 fully saturated rings. The topological polar surface area (TPSA) is 75.5 Å². The molecule has 0 aliphatic rings. The summed E-state index contributed by atoms with van der Waals surface area (Å²) in [5.41, 5.74) is 2.50. The maximum absolute atomic E-state index is 13.4. The van der Waals surface area contributed by atoms with Crippen molar-refractivity contribution in [3.8, 4) is 23.1 Å². The summed E-state index contributed by atoms with van der Waals surface area (Å²) in [6, 6.07) is 20.3. The summed E-state index contributed by atoms with van der Waals surface area (Å²) >= 11 is 0. The van der Waals surface area contributed by atoms with Crippen molar-refractivity contribution in [3.05, 3.63) is 78.2 Å². The van der Waals surface area contributed by atoms with Gasteiger partial charge in [0.1, 0.15) is 5.82 Å². The van der Waals surface area contributed by atoms with Gasteiger partial charge in [0.2, 0.25) is 5.88 Å². The fourth-order valence-electron chi connectivity index (χ4n) is 3.36. The van der Waals surface area contributed by atoms with E-state index in [1.807, 2.05) is 48.5 Å². The van der Waals surface area contributed by atoms with E-state index in [2.05, 4.69) is 11.1 Å². The minimum atomic E-state index is -1.28. The van der Waals surface area contributed by atoms with Crippen molar-refractivity contribution < 1.29 is 18.7 Å². The van der Waals surface area contributed by atoms with Crippen LogP contribution in [0, 0.1) is 17.1 Å². The SMILES string of the molecule is COCc1ccc(-c2ccc(N(CCC#N)C(=O)C(C)(C)Oc3ccc(F)cn3)cc2)cc1. The second kappa shape index (κ2) is 10.7. The van der Waals surface area contributed by atoms with Crippen LogP contribution in [0.1, 0.15) is 25.8 Å². The lowest BCUT2D eigenvalue weighted by atomic mass is 10.0. The minimum absolute atomic E-state index is 0.141. The first-order valence-corrected chi connectivity index (χ1v) is 10.5. The summed E-state index contributed by atoms with van der Waals surface area (Å²) in [5, 5.41) is 9.09. The highest BCUT2D eigenvalue weighted by atomic mass is 19.1. The van der Waals surface area contributed by atoms with Gasteiger partial charge in [0.15, 0.2) is 5.60 Å². The molecule has 3 aromatic rings. The molecule has 0 saturated heterocycles. The van der Waals surface area contributed by atoms with Crippen LogP contribution in [0.15, 0.2) is 66.9 Å². The number of ether oxygens (including phenoxy) is 2. The highest BCUT2D eigenvalue weighted by Gasteiger charge is 2.35. The third-order valence-electron chi connectivity index (χ3n) is 5.04. The van der Waals surface area contributed by atoms with E-state index in [0.29, 0.717) is 12.3 Å². The Morgan fingerprint density at radius 2 is 1.70 bits per heavy atom. The van der Waals surface area contributed by atoms with Gasteiger partial charge in [0, 0.05) is 25.4 Å². The van der Waals surface area contributed by atoms with E-state index in [1.165, 1.54) is 17.0 Å². The van der Waals surface area contributed by atoms with Gasteiger partial charge in [-0.05, 0) is 48.7 Å². The molecule has 1 heterocycles. The average molecular weight is 448 g/mol. The average Bonchev–Trinajstić information content (AvgIpc) is 2.82. The zero-order valence-electron chi connectivity index (χ0n) is 18.9. The first-order valence-electron chi connectivity index (χ1n) is 10.5. The van der Waals surface area contributed by atoms with Gasteiger partial charge in [0.05, 0.1) is 25.3 Å². The Hall–Kier alpha value is -3.76. The molecule has 0 saturated carbocycles. The molecule has 0 bridgehead atoms. The molecule has 33 heavy (non-hydrogen) atoms. The molecule has 0 spiro atoms. The number of nitrogens with zero attached hydrogens (tertiary/aromatic N) is 3. The third kappa shape index (κ3) is 6.15. The van der Waals surface area contributed by atoms with Crippen LogP contribution in [0.3, 0.4) is 0 Å². The lowest BCUT2D eigenvalue weighted by Crippen LogP contribution is -2.49. The van der Waals surface area contributed by atoms with Gasteiger partial charge in [-0.2, -0.15) is 5.26 Å². The third-order valence-corrected chi connectivity index (χ3v) is 5.04. The Morgan fingerprint density at radius 1 is 1.06 bits per heavy atom. The maximum Gasteiger partial charge on any atom is 0.270 e. The summed E-state index contributed by atoms with van der Waals surface area (Å²) in [6.45, 7) is 4.01. The number of aromatic nitrogens is 1. The summed E-state index contributed by atoms with van der Waals surface area (Å²) in [7, 11) is 1.66. The number of anilines is 1. The predicted octanol–water partition coefficient (Wildman–Crippen LogP) is 5.14. The van der Waals surface area contributed by atoms with Crippen molar-refractivity contribution in [2.75, 3.05) is 18.6 Å². The van der Waals surface area contributed by atoms with Crippen molar-refractivity contribution in [1.29, 1.82) is 5.26 Å². The molecular formula is C26H26FN3O3. The van der Waals surface area contributed by atoms with Crippen LogP contribution in [0.2, 0.25) is 0 Å². The number of halogens is 1. The molecule has 0 N–H and O–H groups in total. The van der Waals surface area contributed by atoms with Crippen LogP contribution in [-0.4, -0.2) is 30.1 Å². The number of carbonyl (C=O) groups excluding carboxylic acids is 1. The van der Waals surface area contributed by atoms with Crippen molar-refractivity contribution in [1.82, 2.24) is 4.98 Å². The normalized spacial score (nSPS) is 11.0. The van der Waals surface area contributed by atoms with Crippen LogP contribution >= 0.6 is 0 Å². The van der Waals surface area contributed by atoms with Gasteiger partial charge in [-0.3, -0.25) is 4.79 Å². The van der Waals surface area contributed by atoms with E-state index in [9.17, 15) is 9.18 Å². The number of pyridine rings is 1. The number of carbonyl (C=O) groups is 1. The Bertz CT molecular complexity index is 1110. The first-order chi connectivity index (χ1) is 15.8. The van der Waals surface area contributed by atoms with E-state index >= 15 is 0 Å².